The molecular weight excluding hydrogens is 472 g/mol. The normalized spacial score (nSPS) is 15.9. The van der Waals surface area contributed by atoms with Gasteiger partial charge in [0, 0.05) is 11.3 Å². The molecule has 0 unspecified atom stereocenters. The lowest BCUT2D eigenvalue weighted by Gasteiger charge is -2.18. The lowest BCUT2D eigenvalue weighted by molar-refractivity contribution is 1.11. The van der Waals surface area contributed by atoms with E-state index in [1.165, 1.54) is 0 Å². The van der Waals surface area contributed by atoms with Crippen LogP contribution in [0.3, 0.4) is 0 Å². The number of hydrogen-bond acceptors (Lipinski definition) is 1. The van der Waals surface area contributed by atoms with Gasteiger partial charge in [-0.15, -0.1) is 0 Å². The maximum absolute atomic E-state index is 9.35. The SMILES string of the molecule is [2H]c1c([2H])c([2H])c(-n2c(-c3c4ccccc4c(-c4c([2H])c([2H])c5c([2H])c([2H])c([2H])c([2H])c5c4[2H])c4ccccc34)nc3ccccc32)c([2H])c1[2H]. The van der Waals surface area contributed by atoms with Gasteiger partial charge in [0.25, 0.3) is 0 Å². The predicted molar refractivity (Wildman–Crippen MR) is 164 cm³/mol. The van der Waals surface area contributed by atoms with Gasteiger partial charge in [-0.05, 0) is 73.7 Å². The minimum absolute atomic E-state index is 0.0237. The number of fused-ring (bicyclic) bond motifs is 4. The zero-order valence-electron chi connectivity index (χ0n) is 32.3. The summed E-state index contributed by atoms with van der Waals surface area (Å²) >= 11 is 0. The zero-order chi connectivity index (χ0) is 36.2. The molecule has 0 aliphatic heterocycles. The van der Waals surface area contributed by atoms with Crippen LogP contribution in [-0.2, 0) is 0 Å². The number of hydrogen-bond donors (Lipinski definition) is 0. The first-order valence-corrected chi connectivity index (χ1v) is 12.4. The average Bonchev–Trinajstić information content (AvgIpc) is 3.51. The highest BCUT2D eigenvalue weighted by molar-refractivity contribution is 6.21. The molecule has 7 aromatic carbocycles. The summed E-state index contributed by atoms with van der Waals surface area (Å²) < 4.78 is 105. The fourth-order valence-corrected chi connectivity index (χ4v) is 5.32. The summed E-state index contributed by atoms with van der Waals surface area (Å²) in [6, 6.07) is 16.1. The number of para-hydroxylation sites is 3. The summed E-state index contributed by atoms with van der Waals surface area (Å²) in [4.78, 5) is 4.99. The summed E-state index contributed by atoms with van der Waals surface area (Å²) in [5.41, 5.74) is 1.93. The van der Waals surface area contributed by atoms with Crippen molar-refractivity contribution in [3.05, 3.63) is 145 Å². The number of imidazole rings is 1. The molecule has 0 aliphatic carbocycles. The van der Waals surface area contributed by atoms with E-state index in [9.17, 15) is 2.74 Å². The van der Waals surface area contributed by atoms with Gasteiger partial charge >= 0.3 is 0 Å². The van der Waals surface area contributed by atoms with Crippen molar-refractivity contribution in [2.75, 3.05) is 0 Å². The van der Waals surface area contributed by atoms with Crippen molar-refractivity contribution in [1.29, 1.82) is 0 Å². The molecule has 0 amide bonds. The van der Waals surface area contributed by atoms with Crippen LogP contribution in [0.1, 0.15) is 16.4 Å². The van der Waals surface area contributed by atoms with Gasteiger partial charge in [-0.25, -0.2) is 4.98 Å². The van der Waals surface area contributed by atoms with Gasteiger partial charge in [0.15, 0.2) is 0 Å². The van der Waals surface area contributed by atoms with E-state index in [-0.39, 0.29) is 34.1 Å². The monoisotopic (exact) mass is 508 g/mol. The molecule has 1 heterocycles. The maximum Gasteiger partial charge on any atom is 0.146 e. The molecule has 8 rings (SSSR count). The zero-order valence-corrected chi connectivity index (χ0v) is 20.3. The lowest BCUT2D eigenvalue weighted by Crippen LogP contribution is -1.99. The molecule has 0 atom stereocenters. The number of rotatable bonds is 3. The molecule has 0 saturated heterocycles. The second kappa shape index (κ2) is 8.68. The Bertz CT molecular complexity index is 2760. The number of aromatic nitrogens is 2. The molecule has 0 radical (unpaired) electrons. The standard InChI is InChI=1S/C37H24N2/c1-2-14-28(15-3-1)39-34-21-11-10-20-33(34)38-37(39)36-31-18-8-6-16-29(31)35(30-17-7-9-19-32(30)36)27-23-22-25-12-4-5-13-26(25)24-27/h1-24H/i1D,2D,3D,4D,5D,12D,13D,14D,15D,22D,23D,24D. The van der Waals surface area contributed by atoms with Crippen molar-refractivity contribution < 1.29 is 16.4 Å². The molecule has 0 aliphatic rings. The molecule has 0 fully saturated rings. The molecule has 2 nitrogen and oxygen atoms in total. The van der Waals surface area contributed by atoms with Gasteiger partial charge in [0.2, 0.25) is 0 Å². The molecule has 182 valence electrons. The Kier molecular flexibility index (Phi) is 2.90. The second-order valence-electron chi connectivity index (χ2n) is 9.07. The molecule has 2 heteroatoms. The van der Waals surface area contributed by atoms with Crippen molar-refractivity contribution >= 4 is 43.4 Å². The summed E-state index contributed by atoms with van der Waals surface area (Å²) in [7, 11) is 0. The van der Waals surface area contributed by atoms with E-state index in [0.717, 1.165) is 0 Å². The van der Waals surface area contributed by atoms with E-state index < -0.39 is 60.4 Å². The Morgan fingerprint density at radius 3 is 1.85 bits per heavy atom. The van der Waals surface area contributed by atoms with Gasteiger partial charge in [-0.3, -0.25) is 4.57 Å². The van der Waals surface area contributed by atoms with Crippen LogP contribution in [0.25, 0.3) is 71.6 Å². The van der Waals surface area contributed by atoms with E-state index >= 15 is 0 Å². The summed E-state index contributed by atoms with van der Waals surface area (Å²) in [5.74, 6) is 0.291. The number of nitrogens with zero attached hydrogens (tertiary/aromatic N) is 2. The molecule has 0 bridgehead atoms. The van der Waals surface area contributed by atoms with Crippen molar-refractivity contribution in [3.63, 3.8) is 0 Å². The summed E-state index contributed by atoms with van der Waals surface area (Å²) in [6.07, 6.45) is 0. The minimum Gasteiger partial charge on any atom is -0.292 e. The third-order valence-corrected chi connectivity index (χ3v) is 6.93. The summed E-state index contributed by atoms with van der Waals surface area (Å²) in [5, 5.41) is 1.93. The van der Waals surface area contributed by atoms with E-state index in [1.807, 2.05) is 12.1 Å². The number of benzene rings is 7. The van der Waals surface area contributed by atoms with E-state index in [4.69, 9.17) is 18.7 Å². The van der Waals surface area contributed by atoms with Crippen molar-refractivity contribution in [3.8, 4) is 28.2 Å². The molecule has 0 saturated carbocycles. The summed E-state index contributed by atoms with van der Waals surface area (Å²) in [6.45, 7) is 0. The molecule has 0 N–H and O–H groups in total. The first-order chi connectivity index (χ1) is 24.4. The van der Waals surface area contributed by atoms with Crippen LogP contribution in [0.5, 0.6) is 0 Å². The van der Waals surface area contributed by atoms with Crippen LogP contribution in [-0.4, -0.2) is 9.55 Å². The van der Waals surface area contributed by atoms with Crippen LogP contribution in [0.4, 0.5) is 0 Å². The quantitative estimate of drug-likeness (QED) is 0.217. The van der Waals surface area contributed by atoms with Crippen LogP contribution < -0.4 is 0 Å². The van der Waals surface area contributed by atoms with Gasteiger partial charge in [-0.2, -0.15) is 0 Å². The van der Waals surface area contributed by atoms with E-state index in [0.29, 0.717) is 49.5 Å². The fraction of sp³-hybridized carbons (Fsp3) is 0. The minimum atomic E-state index is -0.546. The second-order valence-corrected chi connectivity index (χ2v) is 9.07. The van der Waals surface area contributed by atoms with Crippen molar-refractivity contribution in [2.45, 2.75) is 0 Å². The van der Waals surface area contributed by atoms with Crippen LogP contribution in [0, 0.1) is 0 Å². The Balaban J connectivity index is 1.58. The van der Waals surface area contributed by atoms with Gasteiger partial charge in [0.05, 0.1) is 27.5 Å². The molecule has 39 heavy (non-hydrogen) atoms. The van der Waals surface area contributed by atoms with Crippen LogP contribution in [0.15, 0.2) is 145 Å². The van der Waals surface area contributed by atoms with Crippen LogP contribution in [0.2, 0.25) is 0 Å². The highest BCUT2D eigenvalue weighted by atomic mass is 15.1. The van der Waals surface area contributed by atoms with E-state index in [2.05, 4.69) is 0 Å². The third-order valence-electron chi connectivity index (χ3n) is 6.93. The first kappa shape index (κ1) is 13.0. The molecule has 8 aromatic rings. The smallest absolute Gasteiger partial charge is 0.146 e. The van der Waals surface area contributed by atoms with Crippen molar-refractivity contribution in [1.82, 2.24) is 9.55 Å². The molecule has 0 spiro atoms. The topological polar surface area (TPSA) is 17.8 Å². The first-order valence-electron chi connectivity index (χ1n) is 18.4. The fourth-order valence-electron chi connectivity index (χ4n) is 5.32. The van der Waals surface area contributed by atoms with Crippen molar-refractivity contribution in [2.24, 2.45) is 0 Å². The molecular formula is C37H24N2. The van der Waals surface area contributed by atoms with E-state index in [1.54, 1.807) is 65.2 Å². The van der Waals surface area contributed by atoms with Gasteiger partial charge in [-0.1, -0.05) is 115 Å². The highest BCUT2D eigenvalue weighted by Crippen LogP contribution is 2.44. The lowest BCUT2D eigenvalue weighted by atomic mass is 9.87. The predicted octanol–water partition coefficient (Wildman–Crippen LogP) is 9.82. The average molecular weight is 509 g/mol. The largest absolute Gasteiger partial charge is 0.292 e. The van der Waals surface area contributed by atoms with Crippen LogP contribution >= 0.6 is 0 Å². The van der Waals surface area contributed by atoms with Gasteiger partial charge < -0.3 is 0 Å². The highest BCUT2D eigenvalue weighted by Gasteiger charge is 2.21. The Morgan fingerprint density at radius 2 is 1.13 bits per heavy atom. The van der Waals surface area contributed by atoms with Gasteiger partial charge in [0.1, 0.15) is 5.82 Å². The Labute approximate surface area is 243 Å². The maximum atomic E-state index is 9.35. The Morgan fingerprint density at radius 1 is 0.538 bits per heavy atom. The third kappa shape index (κ3) is 3.39. The molecule has 1 aromatic heterocycles. The Hall–Kier alpha value is -5.21.